The van der Waals surface area contributed by atoms with E-state index in [1.54, 1.807) is 36.4 Å². The Hall–Kier alpha value is -1.64. The Labute approximate surface area is 186 Å². The van der Waals surface area contributed by atoms with Gasteiger partial charge in [0.15, 0.2) is 5.78 Å². The van der Waals surface area contributed by atoms with Crippen LogP contribution in [0.5, 0.6) is 0 Å². The minimum atomic E-state index is -3.87. The maximum atomic E-state index is 12.3. The number of rotatable bonds is 8. The van der Waals surface area contributed by atoms with Crippen LogP contribution in [-0.4, -0.2) is 43.1 Å². The summed E-state index contributed by atoms with van der Waals surface area (Å²) >= 11 is 10.0. The van der Waals surface area contributed by atoms with Gasteiger partial charge in [0.25, 0.3) is 0 Å². The quantitative estimate of drug-likeness (QED) is 0.562. The van der Waals surface area contributed by atoms with Gasteiger partial charge in [-0.05, 0) is 31.0 Å². The molecule has 0 bridgehead atoms. The number of carbonyl (C=O) groups is 2. The van der Waals surface area contributed by atoms with E-state index in [4.69, 9.17) is 23.2 Å². The van der Waals surface area contributed by atoms with Crippen LogP contribution in [0.25, 0.3) is 0 Å². The third kappa shape index (κ3) is 10.1. The number of aryl methyl sites for hydroxylation is 1. The Morgan fingerprint density at radius 3 is 1.93 bits per heavy atom. The van der Waals surface area contributed by atoms with Crippen molar-refractivity contribution < 1.29 is 23.1 Å². The monoisotopic (exact) mass is 481 g/mol. The van der Waals surface area contributed by atoms with Crippen molar-refractivity contribution in [3.05, 3.63) is 65.7 Å². The fourth-order valence-electron chi connectivity index (χ4n) is 2.04. The molecule has 0 spiro atoms. The molecule has 2 rings (SSSR count). The van der Waals surface area contributed by atoms with E-state index in [2.05, 4.69) is 4.72 Å². The molecule has 0 aliphatic rings. The Kier molecular flexibility index (Phi) is 12.8. The third-order valence-electron chi connectivity index (χ3n) is 3.51. The molecule has 0 saturated carbocycles. The first-order valence-electron chi connectivity index (χ1n) is 8.19. The predicted molar refractivity (Wildman–Crippen MR) is 117 cm³/mol. The molecule has 10 heteroatoms. The average Bonchev–Trinajstić information content (AvgIpc) is 2.68. The molecule has 0 aliphatic heterocycles. The molecule has 160 valence electrons. The molecule has 2 aromatic carbocycles. The Morgan fingerprint density at radius 1 is 1.00 bits per heavy atom. The lowest BCUT2D eigenvalue weighted by molar-refractivity contribution is -0.138. The normalized spacial score (nSPS) is 11.4. The Balaban J connectivity index is 0.000000981. The zero-order valence-corrected chi connectivity index (χ0v) is 18.7. The van der Waals surface area contributed by atoms with Crippen molar-refractivity contribution in [2.45, 2.75) is 24.3 Å². The van der Waals surface area contributed by atoms with Crippen LogP contribution >= 0.6 is 35.6 Å². The largest absolute Gasteiger partial charge is 0.480 e. The van der Waals surface area contributed by atoms with Gasteiger partial charge in [0.05, 0.1) is 16.7 Å². The van der Waals surface area contributed by atoms with Gasteiger partial charge in [0.2, 0.25) is 10.0 Å². The fourth-order valence-corrected chi connectivity index (χ4v) is 3.51. The van der Waals surface area contributed by atoms with E-state index in [9.17, 15) is 23.1 Å². The number of sulfonamides is 1. The third-order valence-corrected chi connectivity index (χ3v) is 5.59. The highest BCUT2D eigenvalue weighted by molar-refractivity contribution is 7.89. The first kappa shape index (κ1) is 27.4. The van der Waals surface area contributed by atoms with E-state index in [0.29, 0.717) is 0 Å². The van der Waals surface area contributed by atoms with E-state index in [1.807, 2.05) is 13.0 Å². The lowest BCUT2D eigenvalue weighted by atomic mass is 10.1. The van der Waals surface area contributed by atoms with E-state index >= 15 is 0 Å². The topological polar surface area (TPSA) is 101 Å². The Bertz CT molecular complexity index is 868. The highest BCUT2D eigenvalue weighted by atomic mass is 35.5. The number of benzene rings is 2. The molecule has 0 aromatic heterocycles. The van der Waals surface area contributed by atoms with Gasteiger partial charge in [-0.3, -0.25) is 9.59 Å². The smallest absolute Gasteiger partial charge is 0.322 e. The molecule has 0 aliphatic carbocycles. The lowest BCUT2D eigenvalue weighted by Crippen LogP contribution is -2.42. The van der Waals surface area contributed by atoms with E-state index < -0.39 is 22.0 Å². The zero-order chi connectivity index (χ0) is 21.2. The van der Waals surface area contributed by atoms with E-state index in [1.165, 1.54) is 12.1 Å². The van der Waals surface area contributed by atoms with Gasteiger partial charge < -0.3 is 5.11 Å². The molecule has 0 unspecified atom stereocenters. The number of hydrogen-bond acceptors (Lipinski definition) is 4. The van der Waals surface area contributed by atoms with Crippen molar-refractivity contribution >= 4 is 57.4 Å². The number of alkyl halides is 2. The van der Waals surface area contributed by atoms with Crippen LogP contribution in [-0.2, 0) is 26.0 Å². The molecule has 2 N–H and O–H groups in total. The molecule has 6 nitrogen and oxygen atoms in total. The fraction of sp³-hybridized carbons (Fsp3) is 0.263. The van der Waals surface area contributed by atoms with Crippen LogP contribution in [0.15, 0.2) is 59.5 Å². The van der Waals surface area contributed by atoms with Crippen molar-refractivity contribution in [1.29, 1.82) is 0 Å². The van der Waals surface area contributed by atoms with Crippen molar-refractivity contribution in [2.75, 3.05) is 11.8 Å². The van der Waals surface area contributed by atoms with Crippen molar-refractivity contribution in [2.24, 2.45) is 0 Å². The number of ketones is 1. The summed E-state index contributed by atoms with van der Waals surface area (Å²) in [5.41, 5.74) is 1.68. The molecule has 0 amide bonds. The summed E-state index contributed by atoms with van der Waals surface area (Å²) < 4.78 is 26.8. The number of hydrogen-bond donors (Lipinski definition) is 2. The first-order valence-corrected chi connectivity index (χ1v) is 10.7. The van der Waals surface area contributed by atoms with Gasteiger partial charge in [0, 0.05) is 0 Å². The number of aliphatic carboxylic acids is 1. The molecule has 2 aromatic rings. The number of halogens is 3. The van der Waals surface area contributed by atoms with Gasteiger partial charge in [-0.15, -0.1) is 35.6 Å². The molecule has 1 atom stereocenters. The molecule has 0 radical (unpaired) electrons. The van der Waals surface area contributed by atoms with Crippen LogP contribution in [0.1, 0.15) is 11.1 Å². The standard InChI is InChI=1S/C16H17NO4S.C3H4Cl2O.ClH/c1-12-7-9-14(10-8-12)22(20,21)17-15(16(18)19)11-13-5-3-2-4-6-13;4-1-3(6)2-5;/h2-10,15,17H,11H2,1H3,(H,18,19);1-2H2;1H/t15-;;/m0../s1. The summed E-state index contributed by atoms with van der Waals surface area (Å²) in [4.78, 5) is 21.3. The van der Waals surface area contributed by atoms with Crippen molar-refractivity contribution in [3.63, 3.8) is 0 Å². The minimum Gasteiger partial charge on any atom is -0.480 e. The average molecular weight is 483 g/mol. The second-order valence-electron chi connectivity index (χ2n) is 5.82. The molecule has 0 saturated heterocycles. The van der Waals surface area contributed by atoms with Gasteiger partial charge in [-0.25, -0.2) is 8.42 Å². The number of nitrogens with one attached hydrogen (secondary N) is 1. The number of carbonyl (C=O) groups excluding carboxylic acids is 1. The predicted octanol–water partition coefficient (Wildman–Crippen LogP) is 3.42. The molecule has 29 heavy (non-hydrogen) atoms. The van der Waals surface area contributed by atoms with E-state index in [0.717, 1.165) is 11.1 Å². The summed E-state index contributed by atoms with van der Waals surface area (Å²) in [6.07, 6.45) is 0.0846. The summed E-state index contributed by atoms with van der Waals surface area (Å²) in [5, 5.41) is 9.26. The maximum absolute atomic E-state index is 12.3. The number of carboxylic acids is 1. The van der Waals surface area contributed by atoms with Crippen LogP contribution in [0.3, 0.4) is 0 Å². The van der Waals surface area contributed by atoms with Gasteiger partial charge in [-0.2, -0.15) is 4.72 Å². The second-order valence-corrected chi connectivity index (χ2v) is 8.07. The highest BCUT2D eigenvalue weighted by Gasteiger charge is 2.25. The van der Waals surface area contributed by atoms with Crippen molar-refractivity contribution in [1.82, 2.24) is 4.72 Å². The van der Waals surface area contributed by atoms with Crippen LogP contribution < -0.4 is 4.72 Å². The highest BCUT2D eigenvalue weighted by Crippen LogP contribution is 2.12. The van der Waals surface area contributed by atoms with Crippen LogP contribution in [0.2, 0.25) is 0 Å². The van der Waals surface area contributed by atoms with Crippen molar-refractivity contribution in [3.8, 4) is 0 Å². The summed E-state index contributed by atoms with van der Waals surface area (Å²) in [7, 11) is -3.87. The van der Waals surface area contributed by atoms with Gasteiger partial charge in [0.1, 0.15) is 6.04 Å². The van der Waals surface area contributed by atoms with Gasteiger partial charge in [-0.1, -0.05) is 48.0 Å². The number of carboxylic acid groups (broad SMARTS) is 1. The van der Waals surface area contributed by atoms with Crippen LogP contribution in [0, 0.1) is 6.92 Å². The molecule has 0 fully saturated rings. The van der Waals surface area contributed by atoms with Gasteiger partial charge >= 0.3 is 5.97 Å². The summed E-state index contributed by atoms with van der Waals surface area (Å²) in [6.45, 7) is 1.85. The molecular weight excluding hydrogens is 461 g/mol. The van der Waals surface area contributed by atoms with E-state index in [-0.39, 0.29) is 41.3 Å². The number of Topliss-reactive ketones (excluding diaryl/α,β-unsaturated/α-hetero) is 1. The molecule has 0 heterocycles. The maximum Gasteiger partial charge on any atom is 0.322 e. The summed E-state index contributed by atoms with van der Waals surface area (Å²) in [6, 6.07) is 13.9. The zero-order valence-electron chi connectivity index (χ0n) is 15.5. The second kappa shape index (κ2) is 13.6. The lowest BCUT2D eigenvalue weighted by Gasteiger charge is -2.15. The molecular formula is C19H22Cl3NO5S. The Morgan fingerprint density at radius 2 is 1.52 bits per heavy atom. The first-order chi connectivity index (χ1) is 13.2. The van der Waals surface area contributed by atoms with Crippen LogP contribution in [0.4, 0.5) is 0 Å². The summed E-state index contributed by atoms with van der Waals surface area (Å²) in [5.74, 6) is -1.27. The SMILES string of the molecule is Cc1ccc(S(=O)(=O)N[C@@H](Cc2ccccc2)C(=O)O)cc1.Cl.O=C(CCl)CCl. The minimum absolute atomic E-state index is 0.